The van der Waals surface area contributed by atoms with Gasteiger partial charge in [-0.2, -0.15) is 5.10 Å². The number of aryl methyl sites for hydroxylation is 1. The lowest BCUT2D eigenvalue weighted by Gasteiger charge is -2.16. The van der Waals surface area contributed by atoms with Crippen molar-refractivity contribution in [2.45, 2.75) is 19.8 Å². The van der Waals surface area contributed by atoms with Crippen molar-refractivity contribution in [3.05, 3.63) is 69.8 Å². The first kappa shape index (κ1) is 19.2. The van der Waals surface area contributed by atoms with Crippen molar-refractivity contribution in [3.63, 3.8) is 0 Å². The number of hydrogen-bond acceptors (Lipinski definition) is 5. The maximum Gasteiger partial charge on any atom is 0.270 e. The summed E-state index contributed by atoms with van der Waals surface area (Å²) in [5.74, 6) is -0.963. The van der Waals surface area contributed by atoms with Crippen molar-refractivity contribution < 1.29 is 14.5 Å². The zero-order chi connectivity index (χ0) is 20.1. The number of hydrazone groups is 1. The van der Waals surface area contributed by atoms with E-state index in [4.69, 9.17) is 0 Å². The van der Waals surface area contributed by atoms with Gasteiger partial charge in [-0.25, -0.2) is 5.43 Å². The molecular formula is C20H20N4O4. The summed E-state index contributed by atoms with van der Waals surface area (Å²) in [7, 11) is 0. The molecule has 8 nitrogen and oxygen atoms in total. The molecule has 8 heteroatoms. The number of anilines is 1. The van der Waals surface area contributed by atoms with Crippen LogP contribution in [0.3, 0.4) is 0 Å². The SMILES string of the molecule is CCc1ccc(N2CC(C(=O)N/N=C\c3cccc([N+](=O)[O-])c3)CC2=O)cc1. The Morgan fingerprint density at radius 3 is 2.75 bits per heavy atom. The molecule has 2 aromatic carbocycles. The Labute approximate surface area is 162 Å². The van der Waals surface area contributed by atoms with Crippen LogP contribution in [0.4, 0.5) is 11.4 Å². The minimum Gasteiger partial charge on any atom is -0.312 e. The molecule has 144 valence electrons. The first-order chi connectivity index (χ1) is 13.5. The largest absolute Gasteiger partial charge is 0.312 e. The zero-order valence-electron chi connectivity index (χ0n) is 15.4. The van der Waals surface area contributed by atoms with Gasteiger partial charge in [0, 0.05) is 36.3 Å². The number of hydrogen-bond donors (Lipinski definition) is 1. The van der Waals surface area contributed by atoms with Crippen molar-refractivity contribution in [3.8, 4) is 0 Å². The number of non-ortho nitro benzene ring substituents is 1. The van der Waals surface area contributed by atoms with E-state index < -0.39 is 10.8 Å². The Balaban J connectivity index is 1.60. The maximum atomic E-state index is 12.3. The summed E-state index contributed by atoms with van der Waals surface area (Å²) in [6.45, 7) is 2.35. The first-order valence-corrected chi connectivity index (χ1v) is 8.94. The highest BCUT2D eigenvalue weighted by atomic mass is 16.6. The number of nitrogens with one attached hydrogen (secondary N) is 1. The van der Waals surface area contributed by atoms with E-state index in [1.54, 1.807) is 17.0 Å². The van der Waals surface area contributed by atoms with Gasteiger partial charge in [0.25, 0.3) is 5.69 Å². The molecule has 1 saturated heterocycles. The van der Waals surface area contributed by atoms with Crippen LogP contribution in [0.1, 0.15) is 24.5 Å². The molecule has 1 heterocycles. The third-order valence-corrected chi connectivity index (χ3v) is 4.62. The molecule has 2 aromatic rings. The van der Waals surface area contributed by atoms with Gasteiger partial charge in [-0.1, -0.05) is 31.2 Å². The Morgan fingerprint density at radius 2 is 2.07 bits per heavy atom. The second-order valence-corrected chi connectivity index (χ2v) is 6.51. The summed E-state index contributed by atoms with van der Waals surface area (Å²) in [4.78, 5) is 36.5. The molecule has 0 radical (unpaired) electrons. The molecule has 0 aliphatic carbocycles. The Hall–Kier alpha value is -3.55. The van der Waals surface area contributed by atoms with E-state index in [1.807, 2.05) is 24.3 Å². The fraction of sp³-hybridized carbons (Fsp3) is 0.250. The van der Waals surface area contributed by atoms with Gasteiger partial charge in [0.2, 0.25) is 11.8 Å². The van der Waals surface area contributed by atoms with Crippen LogP contribution in [0, 0.1) is 16.0 Å². The van der Waals surface area contributed by atoms with Gasteiger partial charge in [0.1, 0.15) is 0 Å². The summed E-state index contributed by atoms with van der Waals surface area (Å²) < 4.78 is 0. The van der Waals surface area contributed by atoms with Gasteiger partial charge in [-0.15, -0.1) is 0 Å². The lowest BCUT2D eigenvalue weighted by Crippen LogP contribution is -2.30. The van der Waals surface area contributed by atoms with Crippen molar-refractivity contribution in [2.24, 2.45) is 11.0 Å². The normalized spacial score (nSPS) is 16.5. The topological polar surface area (TPSA) is 105 Å². The van der Waals surface area contributed by atoms with Gasteiger partial charge in [0.05, 0.1) is 17.1 Å². The number of benzene rings is 2. The van der Waals surface area contributed by atoms with Crippen LogP contribution < -0.4 is 10.3 Å². The molecule has 1 N–H and O–H groups in total. The summed E-state index contributed by atoms with van der Waals surface area (Å²) in [5.41, 5.74) is 4.81. The molecular weight excluding hydrogens is 360 g/mol. The van der Waals surface area contributed by atoms with Crippen molar-refractivity contribution in [1.29, 1.82) is 0 Å². The highest BCUT2D eigenvalue weighted by Gasteiger charge is 2.35. The van der Waals surface area contributed by atoms with Crippen LogP contribution in [0.5, 0.6) is 0 Å². The minimum absolute atomic E-state index is 0.0543. The molecule has 0 spiro atoms. The van der Waals surface area contributed by atoms with Crippen LogP contribution in [0.2, 0.25) is 0 Å². The smallest absolute Gasteiger partial charge is 0.270 e. The van der Waals surface area contributed by atoms with Crippen LogP contribution in [0.15, 0.2) is 53.6 Å². The Morgan fingerprint density at radius 1 is 1.32 bits per heavy atom. The van der Waals surface area contributed by atoms with Crippen molar-refractivity contribution in [1.82, 2.24) is 5.43 Å². The number of nitro groups is 1. The van der Waals surface area contributed by atoms with E-state index in [0.29, 0.717) is 12.1 Å². The highest BCUT2D eigenvalue weighted by Crippen LogP contribution is 2.25. The number of rotatable bonds is 6. The molecule has 1 aliphatic heterocycles. The summed E-state index contributed by atoms with van der Waals surface area (Å²) in [6, 6.07) is 13.6. The van der Waals surface area contributed by atoms with Gasteiger partial charge in [-0.3, -0.25) is 19.7 Å². The third-order valence-electron chi connectivity index (χ3n) is 4.62. The number of nitrogens with zero attached hydrogens (tertiary/aromatic N) is 3. The number of carbonyl (C=O) groups excluding carboxylic acids is 2. The van der Waals surface area contributed by atoms with E-state index in [1.165, 1.54) is 23.9 Å². The molecule has 2 amide bonds. The fourth-order valence-corrected chi connectivity index (χ4v) is 3.02. The van der Waals surface area contributed by atoms with Crippen LogP contribution in [0.25, 0.3) is 0 Å². The van der Waals surface area contributed by atoms with Crippen LogP contribution >= 0.6 is 0 Å². The van der Waals surface area contributed by atoms with E-state index in [-0.39, 0.29) is 23.9 Å². The molecule has 28 heavy (non-hydrogen) atoms. The Kier molecular flexibility index (Phi) is 5.78. The zero-order valence-corrected chi connectivity index (χ0v) is 15.4. The van der Waals surface area contributed by atoms with Gasteiger partial charge in [0.15, 0.2) is 0 Å². The first-order valence-electron chi connectivity index (χ1n) is 8.94. The molecule has 1 unspecified atom stereocenters. The average molecular weight is 380 g/mol. The van der Waals surface area contributed by atoms with E-state index in [2.05, 4.69) is 17.5 Å². The van der Waals surface area contributed by atoms with E-state index >= 15 is 0 Å². The quantitative estimate of drug-likeness (QED) is 0.472. The predicted octanol–water partition coefficient (Wildman–Crippen LogP) is 2.66. The van der Waals surface area contributed by atoms with E-state index in [9.17, 15) is 19.7 Å². The summed E-state index contributed by atoms with van der Waals surface area (Å²) >= 11 is 0. The van der Waals surface area contributed by atoms with Crippen LogP contribution in [-0.4, -0.2) is 29.5 Å². The fourth-order valence-electron chi connectivity index (χ4n) is 3.02. The van der Waals surface area contributed by atoms with E-state index in [0.717, 1.165) is 12.1 Å². The molecule has 0 aromatic heterocycles. The molecule has 1 fully saturated rings. The van der Waals surface area contributed by atoms with Crippen LogP contribution in [-0.2, 0) is 16.0 Å². The lowest BCUT2D eigenvalue weighted by atomic mass is 10.1. The predicted molar refractivity (Wildman–Crippen MR) is 105 cm³/mol. The standard InChI is InChI=1S/C20H20N4O4/c1-2-14-6-8-17(9-7-14)23-13-16(11-19(23)25)20(26)22-21-12-15-4-3-5-18(10-15)24(27)28/h3-10,12,16H,2,11,13H2,1H3,(H,22,26)/b21-12-. The maximum absolute atomic E-state index is 12.3. The lowest BCUT2D eigenvalue weighted by molar-refractivity contribution is -0.384. The van der Waals surface area contributed by atoms with Gasteiger partial charge in [-0.05, 0) is 24.1 Å². The molecule has 0 bridgehead atoms. The number of carbonyl (C=O) groups is 2. The molecule has 1 atom stereocenters. The minimum atomic E-state index is -0.499. The molecule has 0 saturated carbocycles. The van der Waals surface area contributed by atoms with Gasteiger partial charge < -0.3 is 4.90 Å². The Bertz CT molecular complexity index is 924. The van der Waals surface area contributed by atoms with Gasteiger partial charge >= 0.3 is 0 Å². The molecule has 3 rings (SSSR count). The third kappa shape index (κ3) is 4.40. The number of amides is 2. The molecule has 1 aliphatic rings. The summed E-state index contributed by atoms with van der Waals surface area (Å²) in [6.07, 6.45) is 2.37. The monoisotopic (exact) mass is 380 g/mol. The second-order valence-electron chi connectivity index (χ2n) is 6.51. The second kappa shape index (κ2) is 8.43. The number of nitro benzene ring substituents is 1. The summed E-state index contributed by atoms with van der Waals surface area (Å²) in [5, 5.41) is 14.6. The van der Waals surface area contributed by atoms with Crippen molar-refractivity contribution in [2.75, 3.05) is 11.4 Å². The average Bonchev–Trinajstić information content (AvgIpc) is 3.10. The highest BCUT2D eigenvalue weighted by molar-refractivity contribution is 6.00. The van der Waals surface area contributed by atoms with Crippen molar-refractivity contribution >= 4 is 29.4 Å².